The lowest BCUT2D eigenvalue weighted by molar-refractivity contribution is 0.0929. The Hall–Kier alpha value is 0.580. The zero-order chi connectivity index (χ0) is 12.4. The first kappa shape index (κ1) is 14.0. The summed E-state index contributed by atoms with van der Waals surface area (Å²) >= 11 is 8.85. The quantitative estimate of drug-likeness (QED) is 0.835. The van der Waals surface area contributed by atoms with Gasteiger partial charge < -0.3 is 10.1 Å². The van der Waals surface area contributed by atoms with E-state index in [0.717, 1.165) is 27.8 Å². The van der Waals surface area contributed by atoms with Crippen molar-refractivity contribution in [1.82, 2.24) is 5.32 Å². The van der Waals surface area contributed by atoms with E-state index in [1.807, 2.05) is 0 Å². The van der Waals surface area contributed by atoms with E-state index >= 15 is 0 Å². The highest BCUT2D eigenvalue weighted by Crippen LogP contribution is 2.42. The maximum atomic E-state index is 5.88. The summed E-state index contributed by atoms with van der Waals surface area (Å²) < 4.78 is 8.16. The van der Waals surface area contributed by atoms with Gasteiger partial charge in [-0.25, -0.2) is 0 Å². The molecule has 2 atom stereocenters. The summed E-state index contributed by atoms with van der Waals surface area (Å²) in [6.45, 7) is 6.28. The van der Waals surface area contributed by atoms with Crippen molar-refractivity contribution < 1.29 is 4.74 Å². The van der Waals surface area contributed by atoms with Crippen molar-refractivity contribution in [2.75, 3.05) is 13.2 Å². The highest BCUT2D eigenvalue weighted by atomic mass is 79.9. The molecule has 2 heterocycles. The average molecular weight is 383 g/mol. The molecule has 17 heavy (non-hydrogen) atoms. The number of hydrogen-bond donors (Lipinski definition) is 1. The van der Waals surface area contributed by atoms with Crippen LogP contribution in [0, 0.1) is 5.92 Å². The Morgan fingerprint density at radius 2 is 2.29 bits per heavy atom. The van der Waals surface area contributed by atoms with E-state index in [1.54, 1.807) is 11.3 Å². The van der Waals surface area contributed by atoms with Gasteiger partial charge in [-0.2, -0.15) is 0 Å². The van der Waals surface area contributed by atoms with E-state index < -0.39 is 0 Å². The van der Waals surface area contributed by atoms with Gasteiger partial charge in [0.2, 0.25) is 0 Å². The van der Waals surface area contributed by atoms with Gasteiger partial charge in [-0.3, -0.25) is 0 Å². The van der Waals surface area contributed by atoms with E-state index in [-0.39, 0.29) is 6.10 Å². The highest BCUT2D eigenvalue weighted by Gasteiger charge is 2.31. The second-order valence-corrected chi connectivity index (χ2v) is 7.93. The fraction of sp³-hybridized carbons (Fsp3) is 0.667. The Bertz CT molecular complexity index is 361. The molecule has 96 valence electrons. The second kappa shape index (κ2) is 6.15. The average Bonchev–Trinajstić information content (AvgIpc) is 2.83. The Labute approximate surface area is 123 Å². The molecule has 1 fully saturated rings. The van der Waals surface area contributed by atoms with Gasteiger partial charge in [-0.1, -0.05) is 13.8 Å². The lowest BCUT2D eigenvalue weighted by atomic mass is 10.00. The molecule has 0 aromatic carbocycles. The topological polar surface area (TPSA) is 21.3 Å². The minimum Gasteiger partial charge on any atom is -0.372 e. The fourth-order valence-electron chi connectivity index (χ4n) is 2.05. The molecule has 1 aliphatic heterocycles. The van der Waals surface area contributed by atoms with Crippen LogP contribution >= 0.6 is 43.2 Å². The molecule has 2 rings (SSSR count). The Kier molecular flexibility index (Phi) is 5.06. The maximum absolute atomic E-state index is 5.88. The number of hydrogen-bond acceptors (Lipinski definition) is 3. The molecule has 0 spiro atoms. The maximum Gasteiger partial charge on any atom is 0.0958 e. The number of halogens is 2. The van der Waals surface area contributed by atoms with Crippen LogP contribution in [0.3, 0.4) is 0 Å². The SMILES string of the molecule is CC(C)NCC1CCOC1c1cc(Br)c(Br)s1. The molecule has 1 aliphatic rings. The van der Waals surface area contributed by atoms with E-state index in [9.17, 15) is 0 Å². The minimum atomic E-state index is 0.258. The Morgan fingerprint density at radius 1 is 1.53 bits per heavy atom. The van der Waals surface area contributed by atoms with Crippen molar-refractivity contribution in [2.24, 2.45) is 5.92 Å². The number of rotatable bonds is 4. The lowest BCUT2D eigenvalue weighted by Crippen LogP contribution is -2.30. The minimum absolute atomic E-state index is 0.258. The van der Waals surface area contributed by atoms with Crippen molar-refractivity contribution in [3.8, 4) is 0 Å². The number of ether oxygens (including phenoxy) is 1. The zero-order valence-corrected chi connectivity index (χ0v) is 14.0. The van der Waals surface area contributed by atoms with Gasteiger partial charge in [0.05, 0.1) is 9.89 Å². The summed E-state index contributed by atoms with van der Waals surface area (Å²) in [7, 11) is 0. The van der Waals surface area contributed by atoms with Gasteiger partial charge in [0.15, 0.2) is 0 Å². The fourth-order valence-corrected chi connectivity index (χ4v) is 4.28. The molecule has 0 radical (unpaired) electrons. The summed E-state index contributed by atoms with van der Waals surface area (Å²) in [6.07, 6.45) is 1.41. The van der Waals surface area contributed by atoms with Crippen molar-refractivity contribution in [1.29, 1.82) is 0 Å². The summed E-state index contributed by atoms with van der Waals surface area (Å²) in [5.74, 6) is 0.592. The molecule has 2 nitrogen and oxygen atoms in total. The van der Waals surface area contributed by atoms with Crippen LogP contribution in [0.5, 0.6) is 0 Å². The van der Waals surface area contributed by atoms with Gasteiger partial charge >= 0.3 is 0 Å². The van der Waals surface area contributed by atoms with Gasteiger partial charge in [-0.15, -0.1) is 11.3 Å². The monoisotopic (exact) mass is 381 g/mol. The van der Waals surface area contributed by atoms with Gasteiger partial charge in [-0.05, 0) is 44.3 Å². The summed E-state index contributed by atoms with van der Waals surface area (Å²) in [4.78, 5) is 1.32. The molecule has 0 bridgehead atoms. The predicted molar refractivity (Wildman–Crippen MR) is 79.7 cm³/mol. The first-order valence-electron chi connectivity index (χ1n) is 5.87. The summed E-state index contributed by atoms with van der Waals surface area (Å²) in [6, 6.07) is 2.71. The molecule has 2 unspecified atom stereocenters. The molecule has 1 saturated heterocycles. The van der Waals surface area contributed by atoms with E-state index in [2.05, 4.69) is 57.1 Å². The first-order valence-corrected chi connectivity index (χ1v) is 8.28. The van der Waals surface area contributed by atoms with Crippen molar-refractivity contribution in [2.45, 2.75) is 32.4 Å². The number of thiophene rings is 1. The summed E-state index contributed by atoms with van der Waals surface area (Å²) in [5.41, 5.74) is 0. The molecular formula is C12H17Br2NOS. The van der Waals surface area contributed by atoms with Crippen molar-refractivity contribution in [3.05, 3.63) is 19.2 Å². The lowest BCUT2D eigenvalue weighted by Gasteiger charge is -2.19. The molecule has 0 aliphatic carbocycles. The smallest absolute Gasteiger partial charge is 0.0958 e. The van der Waals surface area contributed by atoms with Crippen LogP contribution in [0.2, 0.25) is 0 Å². The third-order valence-corrected chi connectivity index (χ3v) is 6.26. The molecule has 1 N–H and O–H groups in total. The molecule has 1 aromatic heterocycles. The van der Waals surface area contributed by atoms with Gasteiger partial charge in [0, 0.05) is 34.5 Å². The Morgan fingerprint density at radius 3 is 2.88 bits per heavy atom. The van der Waals surface area contributed by atoms with Crippen molar-refractivity contribution in [3.63, 3.8) is 0 Å². The molecular weight excluding hydrogens is 366 g/mol. The van der Waals surface area contributed by atoms with Gasteiger partial charge in [0.25, 0.3) is 0 Å². The van der Waals surface area contributed by atoms with Crippen LogP contribution in [0.25, 0.3) is 0 Å². The molecule has 5 heteroatoms. The van der Waals surface area contributed by atoms with Crippen LogP contribution in [-0.4, -0.2) is 19.2 Å². The van der Waals surface area contributed by atoms with Crippen LogP contribution in [0.15, 0.2) is 14.3 Å². The standard InChI is InChI=1S/C12H17Br2NOS/c1-7(2)15-6-8-3-4-16-11(8)10-5-9(13)12(14)17-10/h5,7-8,11,15H,3-4,6H2,1-2H3. The molecule has 1 aromatic rings. The highest BCUT2D eigenvalue weighted by molar-refractivity contribution is 9.13. The third-order valence-electron chi connectivity index (χ3n) is 2.95. The van der Waals surface area contributed by atoms with Gasteiger partial charge in [0.1, 0.15) is 0 Å². The molecule has 0 saturated carbocycles. The van der Waals surface area contributed by atoms with Crippen molar-refractivity contribution >= 4 is 43.2 Å². The van der Waals surface area contributed by atoms with E-state index in [4.69, 9.17) is 4.74 Å². The second-order valence-electron chi connectivity index (χ2n) is 4.67. The third kappa shape index (κ3) is 3.53. The summed E-state index contributed by atoms with van der Waals surface area (Å²) in [5, 5.41) is 3.51. The van der Waals surface area contributed by atoms with Crippen LogP contribution < -0.4 is 5.32 Å². The normalized spacial score (nSPS) is 24.8. The van der Waals surface area contributed by atoms with Crippen LogP contribution in [0.4, 0.5) is 0 Å². The van der Waals surface area contributed by atoms with Crippen LogP contribution in [0.1, 0.15) is 31.2 Å². The number of nitrogens with one attached hydrogen (secondary N) is 1. The predicted octanol–water partition coefficient (Wildman–Crippen LogP) is 4.35. The Balaban J connectivity index is 2.03. The largest absolute Gasteiger partial charge is 0.372 e. The first-order chi connectivity index (χ1) is 8.08. The zero-order valence-electron chi connectivity index (χ0n) is 10.0. The van der Waals surface area contributed by atoms with E-state index in [0.29, 0.717) is 12.0 Å². The van der Waals surface area contributed by atoms with E-state index in [1.165, 1.54) is 4.88 Å². The molecule has 0 amide bonds. The van der Waals surface area contributed by atoms with Crippen LogP contribution in [-0.2, 0) is 4.74 Å².